The van der Waals surface area contributed by atoms with E-state index in [0.717, 1.165) is 30.9 Å². The van der Waals surface area contributed by atoms with Crippen LogP contribution >= 0.6 is 27.3 Å². The van der Waals surface area contributed by atoms with Crippen LogP contribution in [0, 0.1) is 20.8 Å². The Morgan fingerprint density at radius 2 is 2.05 bits per heavy atom. The van der Waals surface area contributed by atoms with Gasteiger partial charge in [0.15, 0.2) is 0 Å². The molecular formula is C16H22BrNOS. The topological polar surface area (TPSA) is 25.2 Å². The van der Waals surface area contributed by atoms with Crippen molar-refractivity contribution in [1.29, 1.82) is 0 Å². The maximum atomic E-state index is 5.81. The molecule has 0 radical (unpaired) electrons. The van der Waals surface area contributed by atoms with Gasteiger partial charge in [-0.3, -0.25) is 0 Å². The Hall–Kier alpha value is -0.580. The molecule has 1 unspecified atom stereocenters. The summed E-state index contributed by atoms with van der Waals surface area (Å²) in [6.07, 6.45) is 2.13. The number of thiophene rings is 1. The van der Waals surface area contributed by atoms with Crippen molar-refractivity contribution in [2.24, 2.45) is 0 Å². The molecule has 0 bridgehead atoms. The molecular weight excluding hydrogens is 334 g/mol. The SMILES string of the molecule is CCCNC(Cc1sccc1Br)c1c(C)oc(C)c1C. The molecule has 2 rings (SSSR count). The first-order valence-electron chi connectivity index (χ1n) is 7.06. The second kappa shape index (κ2) is 6.92. The number of nitrogens with one attached hydrogen (secondary N) is 1. The molecule has 0 fully saturated rings. The fraction of sp³-hybridized carbons (Fsp3) is 0.500. The van der Waals surface area contributed by atoms with Gasteiger partial charge in [0, 0.05) is 27.4 Å². The monoisotopic (exact) mass is 355 g/mol. The molecule has 0 saturated heterocycles. The van der Waals surface area contributed by atoms with Crippen molar-refractivity contribution in [2.45, 2.75) is 46.6 Å². The third-order valence-electron chi connectivity index (χ3n) is 3.69. The van der Waals surface area contributed by atoms with Gasteiger partial charge in [0.1, 0.15) is 11.5 Å². The van der Waals surface area contributed by atoms with Crippen LogP contribution < -0.4 is 5.32 Å². The van der Waals surface area contributed by atoms with Gasteiger partial charge in [-0.15, -0.1) is 11.3 Å². The first-order valence-corrected chi connectivity index (χ1v) is 8.73. The van der Waals surface area contributed by atoms with E-state index in [0.29, 0.717) is 6.04 Å². The zero-order chi connectivity index (χ0) is 14.7. The van der Waals surface area contributed by atoms with E-state index < -0.39 is 0 Å². The van der Waals surface area contributed by atoms with Gasteiger partial charge in [0.25, 0.3) is 0 Å². The van der Waals surface area contributed by atoms with E-state index in [1.54, 1.807) is 0 Å². The van der Waals surface area contributed by atoms with E-state index in [4.69, 9.17) is 4.42 Å². The molecule has 20 heavy (non-hydrogen) atoms. The molecule has 4 heteroatoms. The van der Waals surface area contributed by atoms with Crippen LogP contribution in [-0.2, 0) is 6.42 Å². The highest BCUT2D eigenvalue weighted by Crippen LogP contribution is 2.33. The summed E-state index contributed by atoms with van der Waals surface area (Å²) in [4.78, 5) is 1.39. The Bertz CT molecular complexity index is 573. The average Bonchev–Trinajstić information content (AvgIpc) is 2.91. The van der Waals surface area contributed by atoms with Gasteiger partial charge in [0.05, 0.1) is 0 Å². The summed E-state index contributed by atoms with van der Waals surface area (Å²) >= 11 is 5.44. The number of hydrogen-bond donors (Lipinski definition) is 1. The number of rotatable bonds is 6. The first kappa shape index (κ1) is 15.8. The van der Waals surface area contributed by atoms with Crippen LogP contribution in [0.25, 0.3) is 0 Å². The normalized spacial score (nSPS) is 12.8. The molecule has 0 aliphatic heterocycles. The van der Waals surface area contributed by atoms with E-state index >= 15 is 0 Å². The number of hydrogen-bond acceptors (Lipinski definition) is 3. The highest BCUT2D eigenvalue weighted by molar-refractivity contribution is 9.10. The maximum absolute atomic E-state index is 5.81. The van der Waals surface area contributed by atoms with Gasteiger partial charge in [-0.2, -0.15) is 0 Å². The standard InChI is InChI=1S/C16H22BrNOS/c1-5-7-18-14(9-15-13(17)6-8-20-15)16-10(2)11(3)19-12(16)4/h6,8,14,18H,5,7,9H2,1-4H3. The van der Waals surface area contributed by atoms with Crippen LogP contribution in [0.4, 0.5) is 0 Å². The summed E-state index contributed by atoms with van der Waals surface area (Å²) < 4.78 is 7.02. The molecule has 2 aromatic heterocycles. The molecule has 0 aromatic carbocycles. The molecule has 0 aliphatic carbocycles. The largest absolute Gasteiger partial charge is 0.466 e. The predicted octanol–water partition coefficient (Wildman–Crippen LogP) is 5.31. The van der Waals surface area contributed by atoms with Crippen LogP contribution in [0.5, 0.6) is 0 Å². The molecule has 0 spiro atoms. The number of furan rings is 1. The Morgan fingerprint density at radius 3 is 2.55 bits per heavy atom. The fourth-order valence-electron chi connectivity index (χ4n) is 2.57. The van der Waals surface area contributed by atoms with Gasteiger partial charge in [-0.05, 0) is 66.7 Å². The predicted molar refractivity (Wildman–Crippen MR) is 89.7 cm³/mol. The van der Waals surface area contributed by atoms with Crippen molar-refractivity contribution < 1.29 is 4.42 Å². The van der Waals surface area contributed by atoms with Crippen molar-refractivity contribution in [2.75, 3.05) is 6.54 Å². The summed E-state index contributed by atoms with van der Waals surface area (Å²) in [6, 6.07) is 2.44. The summed E-state index contributed by atoms with van der Waals surface area (Å²) in [6.45, 7) is 9.50. The molecule has 1 atom stereocenters. The van der Waals surface area contributed by atoms with E-state index in [1.807, 2.05) is 18.3 Å². The van der Waals surface area contributed by atoms with Gasteiger partial charge in [-0.1, -0.05) is 6.92 Å². The van der Waals surface area contributed by atoms with E-state index in [9.17, 15) is 0 Å². The number of aryl methyl sites for hydroxylation is 2. The minimum atomic E-state index is 0.322. The summed E-state index contributed by atoms with van der Waals surface area (Å²) in [5.41, 5.74) is 2.61. The second-order valence-corrected chi connectivity index (χ2v) is 7.01. The van der Waals surface area contributed by atoms with Gasteiger partial charge in [-0.25, -0.2) is 0 Å². The molecule has 0 aliphatic rings. The minimum Gasteiger partial charge on any atom is -0.466 e. The lowest BCUT2D eigenvalue weighted by molar-refractivity contribution is 0.481. The van der Waals surface area contributed by atoms with Crippen molar-refractivity contribution in [3.8, 4) is 0 Å². The van der Waals surface area contributed by atoms with Gasteiger partial charge < -0.3 is 9.73 Å². The lowest BCUT2D eigenvalue weighted by Crippen LogP contribution is -2.24. The smallest absolute Gasteiger partial charge is 0.106 e. The Balaban J connectivity index is 2.29. The third kappa shape index (κ3) is 3.35. The van der Waals surface area contributed by atoms with Crippen molar-refractivity contribution in [1.82, 2.24) is 5.32 Å². The average molecular weight is 356 g/mol. The molecule has 2 nitrogen and oxygen atoms in total. The van der Waals surface area contributed by atoms with Crippen LogP contribution in [-0.4, -0.2) is 6.54 Å². The van der Waals surface area contributed by atoms with Crippen LogP contribution in [0.2, 0.25) is 0 Å². The van der Waals surface area contributed by atoms with E-state index in [1.165, 1.54) is 20.5 Å². The number of halogens is 1. The zero-order valence-electron chi connectivity index (χ0n) is 12.5. The molecule has 110 valence electrons. The van der Waals surface area contributed by atoms with E-state index in [2.05, 4.69) is 53.5 Å². The maximum Gasteiger partial charge on any atom is 0.106 e. The second-order valence-electron chi connectivity index (χ2n) is 5.16. The lowest BCUT2D eigenvalue weighted by Gasteiger charge is -2.19. The van der Waals surface area contributed by atoms with E-state index in [-0.39, 0.29) is 0 Å². The van der Waals surface area contributed by atoms with Crippen molar-refractivity contribution in [3.05, 3.63) is 43.4 Å². The van der Waals surface area contributed by atoms with Crippen molar-refractivity contribution in [3.63, 3.8) is 0 Å². The fourth-order valence-corrected chi connectivity index (χ4v) is 4.13. The Kier molecular flexibility index (Phi) is 5.47. The van der Waals surface area contributed by atoms with Crippen molar-refractivity contribution >= 4 is 27.3 Å². The molecule has 2 aromatic rings. The summed E-state index contributed by atoms with van der Waals surface area (Å²) in [5, 5.41) is 5.81. The lowest BCUT2D eigenvalue weighted by atomic mass is 9.98. The molecule has 2 heterocycles. The minimum absolute atomic E-state index is 0.322. The molecule has 1 N–H and O–H groups in total. The van der Waals surface area contributed by atoms with Crippen LogP contribution in [0.3, 0.4) is 0 Å². The third-order valence-corrected chi connectivity index (χ3v) is 5.64. The summed E-state index contributed by atoms with van der Waals surface area (Å²) in [5.74, 6) is 2.08. The van der Waals surface area contributed by atoms with Gasteiger partial charge in [0.2, 0.25) is 0 Å². The Morgan fingerprint density at radius 1 is 1.30 bits per heavy atom. The van der Waals surface area contributed by atoms with Crippen LogP contribution in [0.1, 0.15) is 46.9 Å². The van der Waals surface area contributed by atoms with Gasteiger partial charge >= 0.3 is 0 Å². The molecule has 0 saturated carbocycles. The first-order chi connectivity index (χ1) is 9.54. The highest BCUT2D eigenvalue weighted by Gasteiger charge is 2.22. The molecule has 0 amide bonds. The quantitative estimate of drug-likeness (QED) is 0.759. The summed E-state index contributed by atoms with van der Waals surface area (Å²) in [7, 11) is 0. The Labute approximate surface area is 133 Å². The zero-order valence-corrected chi connectivity index (χ0v) is 15.0. The highest BCUT2D eigenvalue weighted by atomic mass is 79.9. The van der Waals surface area contributed by atoms with Crippen LogP contribution in [0.15, 0.2) is 20.3 Å².